The molecule has 2 heterocycles. The number of hydrogen-bond acceptors (Lipinski definition) is 3. The molecule has 2 aliphatic rings. The first-order valence-electron chi connectivity index (χ1n) is 8.88. The monoisotopic (exact) mass is 470 g/mol. The molecule has 2 aromatic rings. The highest BCUT2D eigenvalue weighted by Gasteiger charge is 2.53. The Balaban J connectivity index is 1.76. The molecule has 0 radical (unpaired) electrons. The highest BCUT2D eigenvalue weighted by atomic mass is 127. The van der Waals surface area contributed by atoms with Gasteiger partial charge in [-0.05, 0) is 92.1 Å². The summed E-state index contributed by atoms with van der Waals surface area (Å²) in [6.07, 6.45) is 4.37. The standard InChI is InChI=1S/C18H25BIN2O2P/c1-16(2)17(3,4)24-19(23-16)15-13-10-12(11-18(5)8-9-18)6-7-14(13)22(21-15)25-20/h6-7,10,25H,8-9,11H2,1-5H3. The minimum atomic E-state index is -0.409. The fraction of sp³-hybridized carbons (Fsp3) is 0.611. The molecule has 4 nitrogen and oxygen atoms in total. The Morgan fingerprint density at radius 2 is 1.80 bits per heavy atom. The maximum absolute atomic E-state index is 6.27. The smallest absolute Gasteiger partial charge is 0.398 e. The second-order valence-corrected chi connectivity index (χ2v) is 10.8. The Hall–Kier alpha value is -0.165. The van der Waals surface area contributed by atoms with E-state index in [1.807, 2.05) is 0 Å². The van der Waals surface area contributed by atoms with Gasteiger partial charge in [-0.2, -0.15) is 5.10 Å². The lowest BCUT2D eigenvalue weighted by atomic mass is 9.82. The fourth-order valence-electron chi connectivity index (χ4n) is 3.37. The van der Waals surface area contributed by atoms with Crippen LogP contribution in [0.3, 0.4) is 0 Å². The zero-order valence-electron chi connectivity index (χ0n) is 15.5. The van der Waals surface area contributed by atoms with E-state index >= 15 is 0 Å². The second-order valence-electron chi connectivity index (χ2n) is 8.81. The summed E-state index contributed by atoms with van der Waals surface area (Å²) in [4.78, 5) is 0. The first-order valence-corrected chi connectivity index (χ1v) is 12.9. The number of halogens is 1. The summed E-state index contributed by atoms with van der Waals surface area (Å²) in [6.45, 7) is 10.7. The molecule has 1 atom stereocenters. The molecule has 1 aliphatic heterocycles. The van der Waals surface area contributed by atoms with Crippen molar-refractivity contribution in [3.63, 3.8) is 0 Å². The second kappa shape index (κ2) is 5.92. The molecule has 25 heavy (non-hydrogen) atoms. The van der Waals surface area contributed by atoms with Gasteiger partial charge >= 0.3 is 7.12 Å². The van der Waals surface area contributed by atoms with Crippen molar-refractivity contribution in [2.24, 2.45) is 5.41 Å². The van der Waals surface area contributed by atoms with Crippen LogP contribution in [0.1, 0.15) is 53.0 Å². The highest BCUT2D eigenvalue weighted by Crippen LogP contribution is 2.48. The molecule has 2 fully saturated rings. The van der Waals surface area contributed by atoms with Gasteiger partial charge in [0, 0.05) is 5.39 Å². The molecule has 4 rings (SSSR count). The van der Waals surface area contributed by atoms with Gasteiger partial charge in [-0.3, -0.25) is 0 Å². The quantitative estimate of drug-likeness (QED) is 0.376. The van der Waals surface area contributed by atoms with Crippen LogP contribution in [-0.4, -0.2) is 27.9 Å². The summed E-state index contributed by atoms with van der Waals surface area (Å²) in [6, 6.07) is 6.78. The van der Waals surface area contributed by atoms with Crippen molar-refractivity contribution >= 4 is 52.0 Å². The van der Waals surface area contributed by atoms with E-state index < -0.39 is 7.12 Å². The zero-order chi connectivity index (χ0) is 18.0. The Labute approximate surface area is 164 Å². The molecular weight excluding hydrogens is 445 g/mol. The molecule has 1 aliphatic carbocycles. The average molecular weight is 470 g/mol. The predicted molar refractivity (Wildman–Crippen MR) is 114 cm³/mol. The number of hydrogen-bond donors (Lipinski definition) is 0. The van der Waals surface area contributed by atoms with Crippen LogP contribution in [-0.2, 0) is 15.7 Å². The summed E-state index contributed by atoms with van der Waals surface area (Å²) in [5.41, 5.74) is 3.28. The Morgan fingerprint density at radius 1 is 1.16 bits per heavy atom. The maximum atomic E-state index is 6.27. The molecule has 1 unspecified atom stereocenters. The summed E-state index contributed by atoms with van der Waals surface area (Å²) in [7, 11) is -0.409. The van der Waals surface area contributed by atoms with E-state index in [1.165, 1.54) is 29.3 Å². The Bertz CT molecular complexity index is 816. The van der Waals surface area contributed by atoms with Crippen molar-refractivity contribution in [2.45, 2.75) is 65.1 Å². The van der Waals surface area contributed by atoms with Gasteiger partial charge in [0.2, 0.25) is 0 Å². The lowest BCUT2D eigenvalue weighted by molar-refractivity contribution is 0.00578. The molecule has 0 amide bonds. The van der Waals surface area contributed by atoms with Crippen LogP contribution in [0.5, 0.6) is 0 Å². The number of benzene rings is 1. The van der Waals surface area contributed by atoms with Crippen molar-refractivity contribution in [1.82, 2.24) is 9.55 Å². The summed E-state index contributed by atoms with van der Waals surface area (Å²) < 4.78 is 14.6. The molecule has 1 saturated carbocycles. The van der Waals surface area contributed by atoms with Gasteiger partial charge in [0.1, 0.15) is 5.59 Å². The number of fused-ring (bicyclic) bond motifs is 1. The fourth-order valence-corrected chi connectivity index (χ4v) is 4.91. The predicted octanol–water partition coefficient (Wildman–Crippen LogP) is 4.47. The van der Waals surface area contributed by atoms with E-state index in [9.17, 15) is 0 Å². The van der Waals surface area contributed by atoms with E-state index in [-0.39, 0.29) is 11.2 Å². The molecule has 134 valence electrons. The van der Waals surface area contributed by atoms with Gasteiger partial charge in [-0.15, -0.1) is 0 Å². The lowest BCUT2D eigenvalue weighted by Crippen LogP contribution is -2.41. The number of rotatable bonds is 4. The average Bonchev–Trinajstić information content (AvgIpc) is 3.05. The molecule has 1 aromatic heterocycles. The van der Waals surface area contributed by atoms with Gasteiger partial charge in [0.15, 0.2) is 0 Å². The van der Waals surface area contributed by atoms with Crippen molar-refractivity contribution < 1.29 is 9.31 Å². The summed E-state index contributed by atoms with van der Waals surface area (Å²) in [5, 5.41) is 6.02. The normalized spacial score (nSPS) is 23.8. The molecule has 0 N–H and O–H groups in total. The van der Waals surface area contributed by atoms with Crippen LogP contribution >= 0.6 is 28.4 Å². The van der Waals surface area contributed by atoms with Gasteiger partial charge < -0.3 is 9.31 Å². The van der Waals surface area contributed by atoms with Crippen LogP contribution in [0, 0.1) is 5.41 Å². The van der Waals surface area contributed by atoms with Crippen molar-refractivity contribution in [1.29, 1.82) is 0 Å². The van der Waals surface area contributed by atoms with Crippen LogP contribution in [0.2, 0.25) is 0 Å². The van der Waals surface area contributed by atoms with Gasteiger partial charge in [-0.25, -0.2) is 4.45 Å². The number of aromatic nitrogens is 2. The number of nitrogens with zero attached hydrogens (tertiary/aromatic N) is 2. The molecule has 0 spiro atoms. The van der Waals surface area contributed by atoms with Crippen LogP contribution in [0.4, 0.5) is 0 Å². The Kier molecular flexibility index (Phi) is 4.31. The topological polar surface area (TPSA) is 36.3 Å². The third-order valence-electron chi connectivity index (χ3n) is 6.06. The molecule has 0 bridgehead atoms. The minimum Gasteiger partial charge on any atom is -0.398 e. The summed E-state index contributed by atoms with van der Waals surface area (Å²) in [5.74, 6) is 0. The first-order chi connectivity index (χ1) is 11.6. The van der Waals surface area contributed by atoms with Crippen molar-refractivity contribution in [3.05, 3.63) is 23.8 Å². The minimum absolute atomic E-state index is 0.348. The van der Waals surface area contributed by atoms with E-state index in [1.54, 1.807) is 0 Å². The van der Waals surface area contributed by atoms with Crippen molar-refractivity contribution in [2.75, 3.05) is 0 Å². The van der Waals surface area contributed by atoms with E-state index in [0.29, 0.717) is 11.8 Å². The highest BCUT2D eigenvalue weighted by molar-refractivity contribution is 14.2. The SMILES string of the molecule is CC1(Cc2ccc3c(c2)c(B2OC(C)(C)C(C)(C)O2)nn3PI)CC1. The largest absolute Gasteiger partial charge is 0.517 e. The Morgan fingerprint density at radius 3 is 2.36 bits per heavy atom. The van der Waals surface area contributed by atoms with Crippen molar-refractivity contribution in [3.8, 4) is 0 Å². The third-order valence-corrected chi connectivity index (χ3v) is 7.94. The van der Waals surface area contributed by atoms with E-state index in [2.05, 4.69) is 79.3 Å². The van der Waals surface area contributed by atoms with E-state index in [4.69, 9.17) is 14.4 Å². The lowest BCUT2D eigenvalue weighted by Gasteiger charge is -2.32. The molecular formula is C18H25BIN2O2P. The molecule has 7 heteroatoms. The van der Waals surface area contributed by atoms with Gasteiger partial charge in [0.25, 0.3) is 0 Å². The van der Waals surface area contributed by atoms with Gasteiger partial charge in [-0.1, -0.05) is 13.0 Å². The maximum Gasteiger partial charge on any atom is 0.517 e. The molecule has 1 aromatic carbocycles. The summed E-state index contributed by atoms with van der Waals surface area (Å²) >= 11 is 2.38. The van der Waals surface area contributed by atoms with Crippen LogP contribution < -0.4 is 5.59 Å². The van der Waals surface area contributed by atoms with Crippen LogP contribution in [0.25, 0.3) is 10.9 Å². The first kappa shape index (κ1) is 18.2. The molecule has 1 saturated heterocycles. The zero-order valence-corrected chi connectivity index (χ0v) is 18.7. The van der Waals surface area contributed by atoms with Crippen LogP contribution in [0.15, 0.2) is 18.2 Å². The van der Waals surface area contributed by atoms with Gasteiger partial charge in [0.05, 0.1) is 23.1 Å². The third kappa shape index (κ3) is 3.17. The van der Waals surface area contributed by atoms with E-state index in [0.717, 1.165) is 12.0 Å².